The molecule has 2 unspecified atom stereocenters. The Kier molecular flexibility index (Phi) is 7.58. The SMILES string of the molecule is O=C(NC(CN1CCCC1)C(O)c1cc(Cl)c(OC2CC2)c(Cl)c1)C(F)(F)c1cc2cc(Cl)ccc2o1. The second kappa shape index (κ2) is 10.6. The van der Waals surface area contributed by atoms with Crippen molar-refractivity contribution in [3.05, 3.63) is 62.8 Å². The van der Waals surface area contributed by atoms with Crippen LogP contribution in [0.2, 0.25) is 15.1 Å². The molecule has 2 aliphatic rings. The standard InChI is InChI=1S/C26H25Cl3F2N2O4/c27-16-3-6-21-14(9-16)12-22(37-21)26(30,31)25(35)32-20(13-33-7-1-2-8-33)23(34)15-10-18(28)24(19(29)11-15)36-17-4-5-17/h3,6,9-12,17,20,23,34H,1-2,4-5,7-8,13H2,(H,32,35). The molecule has 11 heteroatoms. The van der Waals surface area contributed by atoms with E-state index in [1.165, 1.54) is 30.3 Å². The summed E-state index contributed by atoms with van der Waals surface area (Å²) in [7, 11) is 0. The molecule has 1 saturated carbocycles. The summed E-state index contributed by atoms with van der Waals surface area (Å²) >= 11 is 18.7. The van der Waals surface area contributed by atoms with E-state index in [1.807, 2.05) is 4.90 Å². The zero-order valence-electron chi connectivity index (χ0n) is 19.7. The number of nitrogens with zero attached hydrogens (tertiary/aromatic N) is 1. The molecule has 5 rings (SSSR count). The molecule has 1 amide bonds. The smallest absolute Gasteiger partial charge is 0.380 e. The van der Waals surface area contributed by atoms with E-state index in [4.69, 9.17) is 44.0 Å². The van der Waals surface area contributed by atoms with E-state index >= 15 is 8.78 Å². The molecule has 6 nitrogen and oxygen atoms in total. The van der Waals surface area contributed by atoms with Crippen LogP contribution in [0.1, 0.15) is 43.1 Å². The van der Waals surface area contributed by atoms with Gasteiger partial charge in [-0.2, -0.15) is 8.78 Å². The number of amides is 1. The van der Waals surface area contributed by atoms with Crippen LogP contribution in [-0.2, 0) is 10.7 Å². The van der Waals surface area contributed by atoms with Gasteiger partial charge in [-0.25, -0.2) is 0 Å². The first-order valence-corrected chi connectivity index (χ1v) is 13.2. The first-order valence-electron chi connectivity index (χ1n) is 12.1. The molecule has 2 N–H and O–H groups in total. The number of benzene rings is 2. The van der Waals surface area contributed by atoms with Crippen LogP contribution in [0.4, 0.5) is 8.78 Å². The fourth-order valence-electron chi connectivity index (χ4n) is 4.46. The average Bonchev–Trinajstić information content (AvgIpc) is 3.33. The molecular formula is C26H25Cl3F2N2O4. The predicted molar refractivity (Wildman–Crippen MR) is 138 cm³/mol. The van der Waals surface area contributed by atoms with Gasteiger partial charge in [0.2, 0.25) is 0 Å². The molecule has 2 aromatic carbocycles. The number of alkyl halides is 2. The minimum absolute atomic E-state index is 0.0597. The summed E-state index contributed by atoms with van der Waals surface area (Å²) in [6.45, 7) is 1.62. The number of nitrogens with one attached hydrogen (secondary N) is 1. The number of furan rings is 1. The number of aliphatic hydroxyl groups excluding tert-OH is 1. The first kappa shape index (κ1) is 26.5. The van der Waals surface area contributed by atoms with Crippen LogP contribution in [-0.4, -0.2) is 47.7 Å². The summed E-state index contributed by atoms with van der Waals surface area (Å²) in [6, 6.07) is 7.43. The number of ether oxygens (including phenoxy) is 1. The van der Waals surface area contributed by atoms with Crippen molar-refractivity contribution in [2.24, 2.45) is 0 Å². The van der Waals surface area contributed by atoms with Crippen LogP contribution in [0.25, 0.3) is 11.0 Å². The van der Waals surface area contributed by atoms with E-state index < -0.39 is 29.7 Å². The Balaban J connectivity index is 1.39. The minimum atomic E-state index is -3.99. The number of carbonyl (C=O) groups is 1. The Bertz CT molecular complexity index is 1290. The maximum absolute atomic E-state index is 15.2. The monoisotopic (exact) mass is 572 g/mol. The lowest BCUT2D eigenvalue weighted by Gasteiger charge is -2.30. The maximum atomic E-state index is 15.2. The van der Waals surface area contributed by atoms with Crippen LogP contribution in [0, 0.1) is 0 Å². The number of hydrogen-bond donors (Lipinski definition) is 2. The van der Waals surface area contributed by atoms with Crippen molar-refractivity contribution in [2.45, 2.75) is 49.9 Å². The second-order valence-corrected chi connectivity index (χ2v) is 10.8. The van der Waals surface area contributed by atoms with Crippen LogP contribution in [0.5, 0.6) is 5.75 Å². The van der Waals surface area contributed by atoms with Crippen LogP contribution >= 0.6 is 34.8 Å². The molecular weight excluding hydrogens is 549 g/mol. The van der Waals surface area contributed by atoms with Gasteiger partial charge < -0.3 is 24.5 Å². The molecule has 0 radical (unpaired) electrons. The summed E-state index contributed by atoms with van der Waals surface area (Å²) in [5.41, 5.74) is 0.461. The van der Waals surface area contributed by atoms with Gasteiger partial charge in [-0.3, -0.25) is 4.79 Å². The molecule has 0 spiro atoms. The number of aliphatic hydroxyl groups is 1. The first-order chi connectivity index (χ1) is 17.6. The Morgan fingerprint density at radius 1 is 1.14 bits per heavy atom. The van der Waals surface area contributed by atoms with E-state index in [-0.39, 0.29) is 33.8 Å². The van der Waals surface area contributed by atoms with Gasteiger partial charge in [0.05, 0.1) is 22.2 Å². The van der Waals surface area contributed by atoms with Gasteiger partial charge in [0, 0.05) is 17.0 Å². The molecule has 37 heavy (non-hydrogen) atoms. The highest BCUT2D eigenvalue weighted by atomic mass is 35.5. The lowest BCUT2D eigenvalue weighted by Crippen LogP contribution is -2.50. The highest BCUT2D eigenvalue weighted by molar-refractivity contribution is 6.37. The van der Waals surface area contributed by atoms with E-state index in [1.54, 1.807) is 0 Å². The van der Waals surface area contributed by atoms with E-state index in [0.717, 1.165) is 44.8 Å². The van der Waals surface area contributed by atoms with Crippen molar-refractivity contribution in [3.8, 4) is 5.75 Å². The minimum Gasteiger partial charge on any atom is -0.487 e. The van der Waals surface area contributed by atoms with E-state index in [2.05, 4.69) is 5.32 Å². The van der Waals surface area contributed by atoms with Crippen molar-refractivity contribution in [3.63, 3.8) is 0 Å². The molecule has 3 aromatic rings. The fraction of sp³-hybridized carbons (Fsp3) is 0.423. The average molecular weight is 574 g/mol. The Morgan fingerprint density at radius 3 is 2.46 bits per heavy atom. The summed E-state index contributed by atoms with van der Waals surface area (Å²) < 4.78 is 41.5. The van der Waals surface area contributed by atoms with Gasteiger partial charge in [0.25, 0.3) is 5.91 Å². The largest absolute Gasteiger partial charge is 0.487 e. The summed E-state index contributed by atoms with van der Waals surface area (Å²) in [5, 5.41) is 14.7. The number of halogens is 5. The van der Waals surface area contributed by atoms with Crippen molar-refractivity contribution in [2.75, 3.05) is 19.6 Å². The molecule has 1 aromatic heterocycles. The number of hydrogen-bond acceptors (Lipinski definition) is 5. The number of fused-ring (bicyclic) bond motifs is 1. The molecule has 2 fully saturated rings. The molecule has 2 heterocycles. The number of likely N-dealkylation sites (tertiary alicyclic amines) is 1. The predicted octanol–water partition coefficient (Wildman–Crippen LogP) is 6.34. The molecule has 1 saturated heterocycles. The van der Waals surface area contributed by atoms with Crippen molar-refractivity contribution >= 4 is 51.7 Å². The molecule has 1 aliphatic carbocycles. The Labute approximate surface area is 227 Å². The third-order valence-electron chi connectivity index (χ3n) is 6.60. The summed E-state index contributed by atoms with van der Waals surface area (Å²) in [4.78, 5) is 14.9. The molecule has 0 bridgehead atoms. The third kappa shape index (κ3) is 5.83. The fourth-order valence-corrected chi connectivity index (χ4v) is 5.23. The van der Waals surface area contributed by atoms with Gasteiger partial charge in [-0.15, -0.1) is 0 Å². The maximum Gasteiger partial charge on any atom is 0.380 e. The van der Waals surface area contributed by atoms with Crippen LogP contribution < -0.4 is 10.1 Å². The molecule has 2 atom stereocenters. The Hall–Kier alpha value is -2.10. The summed E-state index contributed by atoms with van der Waals surface area (Å²) in [6.07, 6.45) is 2.41. The highest BCUT2D eigenvalue weighted by Crippen LogP contribution is 2.40. The van der Waals surface area contributed by atoms with Crippen molar-refractivity contribution in [1.82, 2.24) is 10.2 Å². The van der Waals surface area contributed by atoms with Crippen molar-refractivity contribution in [1.29, 1.82) is 0 Å². The summed E-state index contributed by atoms with van der Waals surface area (Å²) in [5.74, 6) is -6.08. The lowest BCUT2D eigenvalue weighted by atomic mass is 10.0. The third-order valence-corrected chi connectivity index (χ3v) is 7.39. The quantitative estimate of drug-likeness (QED) is 0.312. The number of rotatable bonds is 9. The lowest BCUT2D eigenvalue weighted by molar-refractivity contribution is -0.151. The van der Waals surface area contributed by atoms with E-state index in [9.17, 15) is 9.90 Å². The van der Waals surface area contributed by atoms with Gasteiger partial charge in [0.1, 0.15) is 11.7 Å². The van der Waals surface area contributed by atoms with E-state index in [0.29, 0.717) is 16.2 Å². The normalized spacial score (nSPS) is 18.2. The Morgan fingerprint density at radius 2 is 1.81 bits per heavy atom. The highest BCUT2D eigenvalue weighted by Gasteiger charge is 2.46. The van der Waals surface area contributed by atoms with Gasteiger partial charge in [-0.1, -0.05) is 34.8 Å². The van der Waals surface area contributed by atoms with Gasteiger partial charge >= 0.3 is 5.92 Å². The zero-order valence-corrected chi connectivity index (χ0v) is 21.9. The second-order valence-electron chi connectivity index (χ2n) is 9.53. The molecule has 198 valence electrons. The molecule has 1 aliphatic heterocycles. The topological polar surface area (TPSA) is 74.9 Å². The van der Waals surface area contributed by atoms with Crippen LogP contribution in [0.15, 0.2) is 40.8 Å². The van der Waals surface area contributed by atoms with Crippen molar-refractivity contribution < 1.29 is 27.8 Å². The van der Waals surface area contributed by atoms with Crippen LogP contribution in [0.3, 0.4) is 0 Å². The van der Waals surface area contributed by atoms with Gasteiger partial charge in [0.15, 0.2) is 11.5 Å². The zero-order chi connectivity index (χ0) is 26.3. The number of carbonyl (C=O) groups excluding carboxylic acids is 1. The van der Waals surface area contributed by atoms with Gasteiger partial charge in [-0.05, 0) is 80.7 Å².